The van der Waals surface area contributed by atoms with Crippen molar-refractivity contribution in [3.63, 3.8) is 0 Å². The third kappa shape index (κ3) is 4.41. The number of para-hydroxylation sites is 1. The highest BCUT2D eigenvalue weighted by atomic mass is 32.1. The van der Waals surface area contributed by atoms with Crippen LogP contribution in [-0.4, -0.2) is 40.7 Å². The van der Waals surface area contributed by atoms with E-state index in [-0.39, 0.29) is 23.0 Å². The molecule has 1 fully saturated rings. The maximum atomic E-state index is 12.8. The van der Waals surface area contributed by atoms with E-state index in [1.165, 1.54) is 11.3 Å². The quantitative estimate of drug-likeness (QED) is 0.642. The predicted molar refractivity (Wildman–Crippen MR) is 115 cm³/mol. The van der Waals surface area contributed by atoms with Crippen LogP contribution < -0.4 is 15.4 Å². The van der Waals surface area contributed by atoms with Crippen LogP contribution in [0.15, 0.2) is 54.6 Å². The summed E-state index contributed by atoms with van der Waals surface area (Å²) in [5.41, 5.74) is 1.35. The lowest BCUT2D eigenvalue weighted by atomic mass is 10.2. The lowest BCUT2D eigenvalue weighted by molar-refractivity contribution is 0.102. The monoisotopic (exact) mass is 423 g/mol. The Morgan fingerprint density at radius 1 is 1.07 bits per heavy atom. The highest BCUT2D eigenvalue weighted by Crippen LogP contribution is 2.34. The number of methoxy groups -OCH3 is 1. The van der Waals surface area contributed by atoms with Crippen LogP contribution in [0.25, 0.3) is 0 Å². The number of carbonyl (C=O) groups excluding carboxylic acids is 2. The summed E-state index contributed by atoms with van der Waals surface area (Å²) < 4.78 is 5.20. The predicted octanol–water partition coefficient (Wildman–Crippen LogP) is 4.17. The fraction of sp³-hybridized carbons (Fsp3) is 0.238. The van der Waals surface area contributed by atoms with Crippen LogP contribution in [0.4, 0.5) is 16.2 Å². The summed E-state index contributed by atoms with van der Waals surface area (Å²) in [7, 11) is 1.58. The van der Waals surface area contributed by atoms with Gasteiger partial charge in [-0.15, -0.1) is 10.2 Å². The maximum absolute atomic E-state index is 12.8. The van der Waals surface area contributed by atoms with E-state index < -0.39 is 0 Å². The molecular formula is C21H21N5O3S. The van der Waals surface area contributed by atoms with E-state index >= 15 is 0 Å². The first-order valence-corrected chi connectivity index (χ1v) is 10.4. The SMILES string of the molecule is COc1cccc(NC(=O)N2CCC[C@H]2c2nnc(C(=O)Nc3ccccc3)s2)c1. The van der Waals surface area contributed by atoms with E-state index in [0.29, 0.717) is 28.7 Å². The summed E-state index contributed by atoms with van der Waals surface area (Å²) in [4.78, 5) is 27.0. The van der Waals surface area contributed by atoms with Gasteiger partial charge in [-0.25, -0.2) is 4.79 Å². The Kier molecular flexibility index (Phi) is 5.89. The lowest BCUT2D eigenvalue weighted by Crippen LogP contribution is -2.34. The first-order valence-electron chi connectivity index (χ1n) is 9.55. The Morgan fingerprint density at radius 2 is 1.87 bits per heavy atom. The number of nitrogens with zero attached hydrogens (tertiary/aromatic N) is 3. The van der Waals surface area contributed by atoms with Crippen molar-refractivity contribution < 1.29 is 14.3 Å². The molecule has 2 aromatic carbocycles. The van der Waals surface area contributed by atoms with Gasteiger partial charge in [0.2, 0.25) is 5.01 Å². The Hall–Kier alpha value is -3.46. The van der Waals surface area contributed by atoms with Crippen molar-refractivity contribution in [2.24, 2.45) is 0 Å². The molecule has 0 spiro atoms. The van der Waals surface area contributed by atoms with E-state index in [1.54, 1.807) is 18.1 Å². The van der Waals surface area contributed by atoms with E-state index in [4.69, 9.17) is 4.74 Å². The highest BCUT2D eigenvalue weighted by molar-refractivity contribution is 7.13. The van der Waals surface area contributed by atoms with Crippen LogP contribution in [-0.2, 0) is 0 Å². The summed E-state index contributed by atoms with van der Waals surface area (Å²) in [6.07, 6.45) is 1.64. The van der Waals surface area contributed by atoms with Crippen LogP contribution in [0.5, 0.6) is 5.75 Å². The molecule has 0 bridgehead atoms. The number of likely N-dealkylation sites (tertiary alicyclic amines) is 1. The number of ether oxygens (including phenoxy) is 1. The summed E-state index contributed by atoms with van der Waals surface area (Å²) in [5, 5.41) is 14.9. The summed E-state index contributed by atoms with van der Waals surface area (Å²) in [5.74, 6) is 0.360. The molecule has 1 atom stereocenters. The van der Waals surface area contributed by atoms with Gasteiger partial charge in [0.15, 0.2) is 0 Å². The van der Waals surface area contributed by atoms with Crippen molar-refractivity contribution >= 4 is 34.6 Å². The van der Waals surface area contributed by atoms with Gasteiger partial charge in [0.1, 0.15) is 10.8 Å². The molecule has 4 rings (SSSR count). The van der Waals surface area contributed by atoms with Crippen LogP contribution in [0.3, 0.4) is 0 Å². The molecule has 8 nitrogen and oxygen atoms in total. The molecule has 9 heteroatoms. The Morgan fingerprint density at radius 3 is 2.67 bits per heavy atom. The molecule has 3 aromatic rings. The summed E-state index contributed by atoms with van der Waals surface area (Å²) >= 11 is 1.22. The van der Waals surface area contributed by atoms with Crippen LogP contribution in [0.2, 0.25) is 0 Å². The highest BCUT2D eigenvalue weighted by Gasteiger charge is 2.33. The number of nitrogens with one attached hydrogen (secondary N) is 2. The topological polar surface area (TPSA) is 96.4 Å². The van der Waals surface area contributed by atoms with E-state index in [2.05, 4.69) is 20.8 Å². The number of benzene rings is 2. The van der Waals surface area contributed by atoms with Crippen LogP contribution in [0, 0.1) is 0 Å². The molecule has 0 aliphatic carbocycles. The Labute approximate surface area is 177 Å². The van der Waals surface area contributed by atoms with Crippen molar-refractivity contribution in [3.05, 3.63) is 64.6 Å². The van der Waals surface area contributed by atoms with Crippen LogP contribution >= 0.6 is 11.3 Å². The minimum atomic E-state index is -0.310. The number of aromatic nitrogens is 2. The molecule has 154 valence electrons. The second-order valence-corrected chi connectivity index (χ2v) is 7.79. The van der Waals surface area contributed by atoms with Crippen molar-refractivity contribution in [1.82, 2.24) is 15.1 Å². The number of carbonyl (C=O) groups is 2. The molecule has 0 unspecified atom stereocenters. The van der Waals surface area contributed by atoms with Gasteiger partial charge >= 0.3 is 6.03 Å². The molecule has 1 aliphatic heterocycles. The Bertz CT molecular complexity index is 1040. The van der Waals surface area contributed by atoms with Gasteiger partial charge in [-0.1, -0.05) is 35.6 Å². The van der Waals surface area contributed by atoms with Crippen molar-refractivity contribution in [3.8, 4) is 5.75 Å². The third-order valence-corrected chi connectivity index (χ3v) is 5.81. The Balaban J connectivity index is 1.44. The van der Waals surface area contributed by atoms with E-state index in [0.717, 1.165) is 12.8 Å². The molecule has 0 radical (unpaired) electrons. The van der Waals surface area contributed by atoms with Gasteiger partial charge < -0.3 is 20.3 Å². The number of hydrogen-bond acceptors (Lipinski definition) is 6. The van der Waals surface area contributed by atoms with Crippen molar-refractivity contribution in [2.45, 2.75) is 18.9 Å². The number of hydrogen-bond donors (Lipinski definition) is 2. The van der Waals surface area contributed by atoms with Gasteiger partial charge in [0, 0.05) is 24.0 Å². The van der Waals surface area contributed by atoms with E-state index in [1.807, 2.05) is 48.5 Å². The number of anilines is 2. The number of urea groups is 1. The van der Waals surface area contributed by atoms with Crippen molar-refractivity contribution in [1.29, 1.82) is 0 Å². The van der Waals surface area contributed by atoms with E-state index in [9.17, 15) is 9.59 Å². The molecular weight excluding hydrogens is 402 g/mol. The molecule has 3 amide bonds. The zero-order valence-corrected chi connectivity index (χ0v) is 17.2. The van der Waals surface area contributed by atoms with Gasteiger partial charge in [0.25, 0.3) is 5.91 Å². The third-order valence-electron chi connectivity index (χ3n) is 4.79. The van der Waals surface area contributed by atoms with Crippen LogP contribution in [0.1, 0.15) is 33.7 Å². The largest absolute Gasteiger partial charge is 0.497 e. The smallest absolute Gasteiger partial charge is 0.322 e. The first-order chi connectivity index (χ1) is 14.6. The van der Waals surface area contributed by atoms with Gasteiger partial charge in [-0.3, -0.25) is 4.79 Å². The molecule has 1 aliphatic rings. The minimum Gasteiger partial charge on any atom is -0.497 e. The maximum Gasteiger partial charge on any atom is 0.322 e. The molecule has 2 heterocycles. The second-order valence-electron chi connectivity index (χ2n) is 6.78. The first kappa shape index (κ1) is 19.8. The lowest BCUT2D eigenvalue weighted by Gasteiger charge is -2.23. The molecule has 1 aromatic heterocycles. The van der Waals surface area contributed by atoms with Gasteiger partial charge in [-0.05, 0) is 37.1 Å². The molecule has 1 saturated heterocycles. The molecule has 2 N–H and O–H groups in total. The average molecular weight is 423 g/mol. The van der Waals surface area contributed by atoms with Gasteiger partial charge in [-0.2, -0.15) is 0 Å². The standard InChI is InChI=1S/C21H21N5O3S/c1-29-16-10-5-9-15(13-16)23-21(28)26-12-6-11-17(26)19-24-25-20(30-19)18(27)22-14-7-3-2-4-8-14/h2-5,7-10,13,17H,6,11-12H2,1H3,(H,22,27)(H,23,28)/t17-/m0/s1. The van der Waals surface area contributed by atoms with Gasteiger partial charge in [0.05, 0.1) is 13.2 Å². The number of amides is 3. The zero-order chi connectivity index (χ0) is 20.9. The zero-order valence-electron chi connectivity index (χ0n) is 16.4. The summed E-state index contributed by atoms with van der Waals surface area (Å²) in [6.45, 7) is 0.617. The fourth-order valence-corrected chi connectivity index (χ4v) is 4.22. The second kappa shape index (κ2) is 8.91. The minimum absolute atomic E-state index is 0.202. The fourth-order valence-electron chi connectivity index (χ4n) is 3.33. The summed E-state index contributed by atoms with van der Waals surface area (Å²) in [6, 6.07) is 16.0. The molecule has 0 saturated carbocycles. The molecule has 30 heavy (non-hydrogen) atoms. The number of rotatable bonds is 5. The average Bonchev–Trinajstić information content (AvgIpc) is 3.44. The normalized spacial score (nSPS) is 15.6. The van der Waals surface area contributed by atoms with Crippen molar-refractivity contribution in [2.75, 3.05) is 24.3 Å².